The summed E-state index contributed by atoms with van der Waals surface area (Å²) in [5, 5.41) is 120. The SMILES string of the molecule is CCCCCCCCCCCCCCCCCCCCCC/C=C/CC/C=C/CC/C=C/C(O)C(COC1OC(CO)C(OC2OC(CO)C(OC3OC(CO)C(O)C(O)C3O)C(O)C2O)C(O)C1O)NC(=O)CCCCCCCCCCCCCCCCC. The Morgan fingerprint density at radius 3 is 1.11 bits per heavy atom. The third-order valence-electron chi connectivity index (χ3n) is 18.2. The van der Waals surface area contributed by atoms with Gasteiger partial charge in [0, 0.05) is 6.42 Å². The van der Waals surface area contributed by atoms with Gasteiger partial charge in [0.15, 0.2) is 18.9 Å². The number of amides is 1. The number of rotatable bonds is 56. The zero-order valence-electron chi connectivity index (χ0n) is 55.9. The molecule has 12 N–H and O–H groups in total. The summed E-state index contributed by atoms with van der Waals surface area (Å²) in [5.41, 5.74) is 0. The Balaban J connectivity index is 1.42. The number of hydrogen-bond donors (Lipinski definition) is 12. The van der Waals surface area contributed by atoms with Crippen molar-refractivity contribution in [2.75, 3.05) is 26.4 Å². The Labute approximate surface area is 542 Å². The maximum Gasteiger partial charge on any atom is 0.220 e. The van der Waals surface area contributed by atoms with Gasteiger partial charge in [-0.15, -0.1) is 0 Å². The number of nitrogens with one attached hydrogen (secondary N) is 1. The van der Waals surface area contributed by atoms with Gasteiger partial charge in [0.1, 0.15) is 73.2 Å². The van der Waals surface area contributed by atoms with E-state index in [1.165, 1.54) is 199 Å². The molecule has 0 radical (unpaired) electrons. The van der Waals surface area contributed by atoms with Gasteiger partial charge in [-0.2, -0.15) is 0 Å². The number of unbranched alkanes of at least 4 members (excludes halogenated alkanes) is 36. The number of carbonyl (C=O) groups is 1. The van der Waals surface area contributed by atoms with Crippen molar-refractivity contribution in [2.24, 2.45) is 0 Å². The van der Waals surface area contributed by atoms with Crippen LogP contribution in [0, 0.1) is 0 Å². The van der Waals surface area contributed by atoms with E-state index in [-0.39, 0.29) is 18.9 Å². The minimum absolute atomic E-state index is 0.235. The summed E-state index contributed by atoms with van der Waals surface area (Å²) in [6.07, 6.45) is 35.7. The molecule has 0 aromatic carbocycles. The third-order valence-corrected chi connectivity index (χ3v) is 18.2. The van der Waals surface area contributed by atoms with Crippen LogP contribution >= 0.6 is 0 Å². The van der Waals surface area contributed by atoms with Crippen LogP contribution in [0.1, 0.15) is 277 Å². The molecule has 3 aliphatic rings. The molecule has 0 aromatic rings. The molecule has 528 valence electrons. The molecular formula is C71H131NO18. The van der Waals surface area contributed by atoms with Crippen molar-refractivity contribution >= 4 is 5.91 Å². The molecule has 0 bridgehead atoms. The van der Waals surface area contributed by atoms with E-state index < -0.39 is 124 Å². The predicted molar refractivity (Wildman–Crippen MR) is 351 cm³/mol. The van der Waals surface area contributed by atoms with Crippen molar-refractivity contribution in [3.05, 3.63) is 36.5 Å². The molecule has 19 nitrogen and oxygen atoms in total. The van der Waals surface area contributed by atoms with Crippen LogP contribution in [0.5, 0.6) is 0 Å². The topological polar surface area (TPSA) is 307 Å². The Hall–Kier alpha value is -1.99. The molecule has 3 fully saturated rings. The highest BCUT2D eigenvalue weighted by atomic mass is 16.8. The van der Waals surface area contributed by atoms with Gasteiger partial charge in [-0.05, 0) is 44.9 Å². The minimum atomic E-state index is -1.98. The van der Waals surface area contributed by atoms with Crippen molar-refractivity contribution in [3.8, 4) is 0 Å². The largest absolute Gasteiger partial charge is 0.394 e. The van der Waals surface area contributed by atoms with Gasteiger partial charge in [0.25, 0.3) is 0 Å². The van der Waals surface area contributed by atoms with Gasteiger partial charge in [0.05, 0.1) is 38.6 Å². The van der Waals surface area contributed by atoms with Gasteiger partial charge >= 0.3 is 0 Å². The first-order valence-electron chi connectivity index (χ1n) is 36.2. The first-order chi connectivity index (χ1) is 43.8. The van der Waals surface area contributed by atoms with E-state index in [0.717, 1.165) is 44.9 Å². The summed E-state index contributed by atoms with van der Waals surface area (Å²) in [6, 6.07) is -0.994. The van der Waals surface area contributed by atoms with Crippen LogP contribution in [-0.4, -0.2) is 193 Å². The second-order valence-corrected chi connectivity index (χ2v) is 26.0. The first kappa shape index (κ1) is 82.2. The van der Waals surface area contributed by atoms with Gasteiger partial charge in [-0.3, -0.25) is 4.79 Å². The summed E-state index contributed by atoms with van der Waals surface area (Å²) in [5.74, 6) is -0.287. The maximum absolute atomic E-state index is 13.4. The summed E-state index contributed by atoms with van der Waals surface area (Å²) in [6.45, 7) is 1.73. The molecule has 3 aliphatic heterocycles. The average Bonchev–Trinajstić information content (AvgIpc) is 1.03. The molecule has 3 heterocycles. The van der Waals surface area contributed by atoms with Crippen molar-refractivity contribution in [3.63, 3.8) is 0 Å². The molecular weight excluding hydrogens is 1150 g/mol. The number of aliphatic hydroxyl groups excluding tert-OH is 11. The Morgan fingerprint density at radius 2 is 0.711 bits per heavy atom. The maximum atomic E-state index is 13.4. The number of allylic oxidation sites excluding steroid dienone is 5. The van der Waals surface area contributed by atoms with Crippen molar-refractivity contribution in [1.29, 1.82) is 0 Å². The smallest absolute Gasteiger partial charge is 0.220 e. The lowest BCUT2D eigenvalue weighted by molar-refractivity contribution is -0.379. The fourth-order valence-electron chi connectivity index (χ4n) is 12.3. The predicted octanol–water partition coefficient (Wildman–Crippen LogP) is 10.00. The second-order valence-electron chi connectivity index (χ2n) is 26.0. The number of carbonyl (C=O) groups excluding carboxylic acids is 1. The standard InChI is InChI=1S/C71H131NO18/c1-3-5-7-9-11-13-15-17-19-20-21-22-23-24-25-26-27-28-29-30-31-32-33-35-36-38-40-42-44-46-48-55(76)54(72-59(77)49-47-45-43-41-39-37-34-18-16-14-12-10-8-6-4-2)53-85-69-65(83)62(80)67(57(51-74)87-69)90-71-66(84)63(81)68(58(52-75)88-71)89-70-64(82)61(79)60(78)56(50-73)86-70/h32-33,38,40,46,48,54-58,60-71,73-76,78-84H,3-31,34-37,39,41-45,47,49-53H2,1-2H3,(H,72,77)/b33-32+,40-38+,48-46+. The molecule has 90 heavy (non-hydrogen) atoms. The molecule has 3 saturated heterocycles. The van der Waals surface area contributed by atoms with Crippen LogP contribution < -0.4 is 5.32 Å². The summed E-state index contributed by atoms with van der Waals surface area (Å²) < 4.78 is 34.3. The van der Waals surface area contributed by atoms with Crippen LogP contribution in [0.15, 0.2) is 36.5 Å². The molecule has 3 rings (SSSR count). The van der Waals surface area contributed by atoms with Gasteiger partial charge in [0.2, 0.25) is 5.91 Å². The summed E-state index contributed by atoms with van der Waals surface area (Å²) in [7, 11) is 0. The Morgan fingerprint density at radius 1 is 0.389 bits per heavy atom. The third kappa shape index (κ3) is 34.6. The monoisotopic (exact) mass is 1290 g/mol. The second kappa shape index (κ2) is 53.2. The lowest BCUT2D eigenvalue weighted by Gasteiger charge is -2.48. The lowest BCUT2D eigenvalue weighted by atomic mass is 9.96. The van der Waals surface area contributed by atoms with Crippen LogP contribution in [0.4, 0.5) is 0 Å². The van der Waals surface area contributed by atoms with E-state index >= 15 is 0 Å². The highest BCUT2D eigenvalue weighted by Crippen LogP contribution is 2.33. The molecule has 19 heteroatoms. The number of ether oxygens (including phenoxy) is 6. The van der Waals surface area contributed by atoms with Crippen molar-refractivity contribution in [1.82, 2.24) is 5.32 Å². The van der Waals surface area contributed by atoms with Crippen LogP contribution in [-0.2, 0) is 33.2 Å². The van der Waals surface area contributed by atoms with Gasteiger partial charge in [-0.1, -0.05) is 262 Å². The van der Waals surface area contributed by atoms with E-state index in [1.807, 2.05) is 6.08 Å². The van der Waals surface area contributed by atoms with Crippen molar-refractivity contribution < 1.29 is 89.4 Å². The Kier molecular flexibility index (Phi) is 48.6. The fraction of sp³-hybridized carbons (Fsp3) is 0.901. The highest BCUT2D eigenvalue weighted by Gasteiger charge is 2.53. The zero-order valence-corrected chi connectivity index (χ0v) is 55.9. The van der Waals surface area contributed by atoms with E-state index in [2.05, 4.69) is 43.5 Å². The quantitative estimate of drug-likeness (QED) is 0.0199. The molecule has 17 atom stereocenters. The normalized spacial score (nSPS) is 28.2. The number of aliphatic hydroxyl groups is 11. The van der Waals surface area contributed by atoms with Crippen LogP contribution in [0.25, 0.3) is 0 Å². The number of hydrogen-bond acceptors (Lipinski definition) is 18. The minimum Gasteiger partial charge on any atom is -0.394 e. The fourth-order valence-corrected chi connectivity index (χ4v) is 12.3. The molecule has 1 amide bonds. The lowest BCUT2D eigenvalue weighted by Crippen LogP contribution is -2.66. The first-order valence-corrected chi connectivity index (χ1v) is 36.2. The van der Waals surface area contributed by atoms with E-state index in [0.29, 0.717) is 12.8 Å². The highest BCUT2D eigenvalue weighted by molar-refractivity contribution is 5.76. The van der Waals surface area contributed by atoms with Crippen molar-refractivity contribution in [2.45, 2.75) is 381 Å². The summed E-state index contributed by atoms with van der Waals surface area (Å²) in [4.78, 5) is 13.4. The molecule has 0 aromatic heterocycles. The molecule has 0 saturated carbocycles. The van der Waals surface area contributed by atoms with E-state index in [9.17, 15) is 61.0 Å². The molecule has 17 unspecified atom stereocenters. The van der Waals surface area contributed by atoms with Crippen LogP contribution in [0.3, 0.4) is 0 Å². The van der Waals surface area contributed by atoms with Gasteiger partial charge < -0.3 is 89.9 Å². The average molecular weight is 1290 g/mol. The molecule has 0 aliphatic carbocycles. The molecule has 0 spiro atoms. The Bertz CT molecular complexity index is 1780. The van der Waals surface area contributed by atoms with E-state index in [1.54, 1.807) is 6.08 Å². The van der Waals surface area contributed by atoms with E-state index in [4.69, 9.17) is 28.4 Å². The zero-order chi connectivity index (χ0) is 65.4. The summed E-state index contributed by atoms with van der Waals surface area (Å²) >= 11 is 0. The van der Waals surface area contributed by atoms with Gasteiger partial charge in [-0.25, -0.2) is 0 Å². The van der Waals surface area contributed by atoms with Crippen LogP contribution in [0.2, 0.25) is 0 Å².